The smallest absolute Gasteiger partial charge is 0.142 e. The van der Waals surface area contributed by atoms with Gasteiger partial charge in [-0.1, -0.05) is 245 Å². The highest BCUT2D eigenvalue weighted by Gasteiger charge is 2.53. The molecule has 2 nitrogen and oxygen atoms in total. The maximum absolute atomic E-state index is 12.6. The van der Waals surface area contributed by atoms with E-state index in [4.69, 9.17) is 46.4 Å². The lowest BCUT2D eigenvalue weighted by atomic mass is 9.63. The second-order valence-electron chi connectivity index (χ2n) is 18.6. The SMILES string of the molecule is CCCc1ccc(-c2c3cccc(Cl)c3c(-c3ccc(CCC)cc3)c3cccc(Cl)c23)cc1.CCCc1ccc(C2(O)c3cccc(Cl)c3C(O)(c3ccc(CCC)cc3)c3cccc(Cl)c32)cc1. The average molecular weight is 1000 g/mol. The van der Waals surface area contributed by atoms with Crippen molar-refractivity contribution in [1.82, 2.24) is 0 Å². The van der Waals surface area contributed by atoms with E-state index in [1.165, 1.54) is 22.3 Å². The summed E-state index contributed by atoms with van der Waals surface area (Å²) < 4.78 is 0. The Hall–Kier alpha value is -5.42. The Labute approximate surface area is 433 Å². The van der Waals surface area contributed by atoms with E-state index in [0.717, 1.165) is 105 Å². The summed E-state index contributed by atoms with van der Waals surface area (Å²) in [5.74, 6) is 0. The van der Waals surface area contributed by atoms with Crippen molar-refractivity contribution >= 4 is 67.9 Å². The monoisotopic (exact) mass is 998 g/mol. The van der Waals surface area contributed by atoms with Crippen molar-refractivity contribution in [3.63, 3.8) is 0 Å². The van der Waals surface area contributed by atoms with Crippen molar-refractivity contribution in [2.75, 3.05) is 0 Å². The van der Waals surface area contributed by atoms with Crippen molar-refractivity contribution in [3.8, 4) is 22.3 Å². The van der Waals surface area contributed by atoms with Crippen LogP contribution in [0.15, 0.2) is 170 Å². The molecule has 354 valence electrons. The second-order valence-corrected chi connectivity index (χ2v) is 20.2. The van der Waals surface area contributed by atoms with Gasteiger partial charge in [0.05, 0.1) is 0 Å². The van der Waals surface area contributed by atoms with Crippen molar-refractivity contribution in [2.45, 2.75) is 90.3 Å². The summed E-state index contributed by atoms with van der Waals surface area (Å²) >= 11 is 27.5. The Morgan fingerprint density at radius 1 is 0.343 bits per heavy atom. The normalized spacial score (nSPS) is 16.1. The van der Waals surface area contributed by atoms with Crippen molar-refractivity contribution in [1.29, 1.82) is 0 Å². The molecule has 6 heteroatoms. The summed E-state index contributed by atoms with van der Waals surface area (Å²) in [6.45, 7) is 8.72. The van der Waals surface area contributed by atoms with Crippen LogP contribution in [0, 0.1) is 0 Å². The van der Waals surface area contributed by atoms with Crippen LogP contribution in [0.3, 0.4) is 0 Å². The molecule has 1 aliphatic rings. The molecule has 0 radical (unpaired) electrons. The molecule has 0 aliphatic heterocycles. The van der Waals surface area contributed by atoms with Crippen LogP contribution in [0.1, 0.15) is 109 Å². The number of aryl methyl sites for hydroxylation is 4. The molecule has 0 fully saturated rings. The molecule has 2 N–H and O–H groups in total. The first-order valence-electron chi connectivity index (χ1n) is 24.7. The molecule has 0 saturated heterocycles. The Morgan fingerprint density at radius 2 is 0.629 bits per heavy atom. The van der Waals surface area contributed by atoms with Gasteiger partial charge in [-0.2, -0.15) is 0 Å². The minimum Gasteiger partial charge on any atom is -0.376 e. The fourth-order valence-electron chi connectivity index (χ4n) is 10.8. The Kier molecular flexibility index (Phi) is 15.0. The fourth-order valence-corrected chi connectivity index (χ4v) is 11.9. The first-order valence-corrected chi connectivity index (χ1v) is 26.2. The fraction of sp³-hybridized carbons (Fsp3) is 0.219. The van der Waals surface area contributed by atoms with Crippen molar-refractivity contribution in [3.05, 3.63) is 246 Å². The largest absolute Gasteiger partial charge is 0.376 e. The molecule has 9 aromatic carbocycles. The maximum Gasteiger partial charge on any atom is 0.142 e. The van der Waals surface area contributed by atoms with Gasteiger partial charge in [0.2, 0.25) is 0 Å². The lowest BCUT2D eigenvalue weighted by Crippen LogP contribution is -2.44. The molecule has 0 heterocycles. The lowest BCUT2D eigenvalue weighted by Gasteiger charge is -2.46. The van der Waals surface area contributed by atoms with Crippen LogP contribution in [0.5, 0.6) is 0 Å². The number of aliphatic hydroxyl groups is 2. The summed E-state index contributed by atoms with van der Waals surface area (Å²) in [5.41, 5.74) is 9.92. The summed E-state index contributed by atoms with van der Waals surface area (Å²) in [7, 11) is 0. The summed E-state index contributed by atoms with van der Waals surface area (Å²) in [5, 5.41) is 31.9. The zero-order valence-electron chi connectivity index (χ0n) is 40.2. The van der Waals surface area contributed by atoms with Crippen LogP contribution in [-0.2, 0) is 36.9 Å². The van der Waals surface area contributed by atoms with Crippen LogP contribution < -0.4 is 0 Å². The summed E-state index contributed by atoms with van der Waals surface area (Å²) in [6.07, 6.45) is 8.46. The summed E-state index contributed by atoms with van der Waals surface area (Å²) in [4.78, 5) is 0. The highest BCUT2D eigenvalue weighted by Crippen LogP contribution is 2.57. The van der Waals surface area contributed by atoms with Gasteiger partial charge in [0.15, 0.2) is 0 Å². The minimum absolute atomic E-state index is 0.388. The molecule has 0 spiro atoms. The predicted molar refractivity (Wildman–Crippen MR) is 298 cm³/mol. The molecular weight excluding hydrogens is 943 g/mol. The van der Waals surface area contributed by atoms with Gasteiger partial charge in [-0.3, -0.25) is 0 Å². The summed E-state index contributed by atoms with van der Waals surface area (Å²) in [6, 6.07) is 57.0. The highest BCUT2D eigenvalue weighted by molar-refractivity contribution is 6.42. The van der Waals surface area contributed by atoms with Crippen LogP contribution in [-0.4, -0.2) is 10.2 Å². The zero-order valence-corrected chi connectivity index (χ0v) is 43.3. The van der Waals surface area contributed by atoms with Gasteiger partial charge in [0.1, 0.15) is 11.2 Å². The highest BCUT2D eigenvalue weighted by atomic mass is 35.5. The third-order valence-corrected chi connectivity index (χ3v) is 15.2. The molecular formula is C64H58Cl4O2. The van der Waals surface area contributed by atoms with Crippen LogP contribution in [0.4, 0.5) is 0 Å². The molecule has 70 heavy (non-hydrogen) atoms. The van der Waals surface area contributed by atoms with E-state index in [9.17, 15) is 10.2 Å². The maximum atomic E-state index is 12.6. The van der Waals surface area contributed by atoms with Gasteiger partial charge in [-0.15, -0.1) is 0 Å². The van der Waals surface area contributed by atoms with Gasteiger partial charge in [-0.25, -0.2) is 0 Å². The molecule has 10 rings (SSSR count). The predicted octanol–water partition coefficient (Wildman–Crippen LogP) is 18.3. The number of benzene rings is 9. The van der Waals surface area contributed by atoms with E-state index in [-0.39, 0.29) is 0 Å². The number of halogens is 4. The van der Waals surface area contributed by atoms with Crippen molar-refractivity contribution < 1.29 is 10.2 Å². The minimum atomic E-state index is -1.59. The topological polar surface area (TPSA) is 40.5 Å². The number of hydrogen-bond acceptors (Lipinski definition) is 2. The van der Waals surface area contributed by atoms with E-state index in [0.29, 0.717) is 43.4 Å². The molecule has 0 saturated carbocycles. The number of fused-ring (bicyclic) bond motifs is 4. The van der Waals surface area contributed by atoms with Crippen LogP contribution >= 0.6 is 46.4 Å². The second kappa shape index (κ2) is 21.1. The molecule has 0 bridgehead atoms. The average Bonchev–Trinajstić information content (AvgIpc) is 3.37. The van der Waals surface area contributed by atoms with E-state index in [1.54, 1.807) is 12.1 Å². The third-order valence-electron chi connectivity index (χ3n) is 14.0. The van der Waals surface area contributed by atoms with E-state index in [1.807, 2.05) is 97.1 Å². The Bertz CT molecular complexity index is 3080. The first kappa shape index (κ1) is 49.6. The Morgan fingerprint density at radius 3 is 0.943 bits per heavy atom. The van der Waals surface area contributed by atoms with Crippen LogP contribution in [0.25, 0.3) is 43.8 Å². The number of hydrogen-bond donors (Lipinski definition) is 2. The van der Waals surface area contributed by atoms with E-state index >= 15 is 0 Å². The van der Waals surface area contributed by atoms with E-state index < -0.39 is 11.2 Å². The molecule has 2 atom stereocenters. The van der Waals surface area contributed by atoms with E-state index in [2.05, 4.69) is 88.4 Å². The quantitative estimate of drug-likeness (QED) is 0.120. The molecule has 9 aromatic rings. The van der Waals surface area contributed by atoms with Gasteiger partial charge < -0.3 is 10.2 Å². The van der Waals surface area contributed by atoms with Crippen molar-refractivity contribution in [2.24, 2.45) is 0 Å². The molecule has 2 unspecified atom stereocenters. The standard InChI is InChI=1S/C32H30Cl2O2.C32H28Cl2/c1-3-7-21-13-17-23(18-14-21)31(35)25-9-5-12-28(34)30(25)32(36,26-10-6-11-27(33)29(26)31)24-19-15-22(8-4-2)16-20-24;1-3-7-21-13-17-23(18-14-21)29-25-9-5-12-28(34)32(25)30(26-10-6-11-27(33)31(26)29)24-19-15-22(8-4-2)16-20-24/h5-6,9-20,35-36H,3-4,7-8H2,1-2H3;5-6,9-20H,3-4,7-8H2,1-2H3. The van der Waals surface area contributed by atoms with Crippen LogP contribution in [0.2, 0.25) is 20.1 Å². The van der Waals surface area contributed by atoms with Gasteiger partial charge >= 0.3 is 0 Å². The molecule has 0 aromatic heterocycles. The van der Waals surface area contributed by atoms with Gasteiger partial charge in [-0.05, 0) is 116 Å². The molecule has 1 aliphatic carbocycles. The lowest BCUT2D eigenvalue weighted by molar-refractivity contribution is 0.0749. The zero-order chi connectivity index (χ0) is 49.2. The van der Waals surface area contributed by atoms with Gasteiger partial charge in [0.25, 0.3) is 0 Å². The first-order chi connectivity index (χ1) is 34.0. The van der Waals surface area contributed by atoms with Gasteiger partial charge in [0, 0.05) is 53.1 Å². The molecule has 0 amide bonds. The third kappa shape index (κ3) is 8.98. The Balaban J connectivity index is 0.000000174. The number of rotatable bonds is 12.